The van der Waals surface area contributed by atoms with Gasteiger partial charge < -0.3 is 9.47 Å². The highest BCUT2D eigenvalue weighted by atomic mass is 19.4. The molecule has 0 saturated heterocycles. The number of alkyl halides is 3. The van der Waals surface area contributed by atoms with E-state index in [1.807, 2.05) is 44.2 Å². The van der Waals surface area contributed by atoms with Crippen molar-refractivity contribution < 1.29 is 27.4 Å². The molecule has 0 N–H and O–H groups in total. The zero-order valence-electron chi connectivity index (χ0n) is 20.3. The number of rotatable bonds is 10. The average molecular weight is 485 g/mol. The largest absolute Gasteiger partial charge is 0.486 e. The van der Waals surface area contributed by atoms with Crippen LogP contribution in [0.4, 0.5) is 13.2 Å². The molecule has 0 aliphatic rings. The lowest BCUT2D eigenvalue weighted by molar-refractivity contribution is -0.137. The summed E-state index contributed by atoms with van der Waals surface area (Å²) in [5.41, 5.74) is 2.71. The zero-order chi connectivity index (χ0) is 25.4. The van der Waals surface area contributed by atoms with Crippen LogP contribution in [0.3, 0.4) is 0 Å². The van der Waals surface area contributed by atoms with Gasteiger partial charge in [0, 0.05) is 6.42 Å². The Bertz CT molecular complexity index is 1100. The quantitative estimate of drug-likeness (QED) is 0.213. The number of hydrogen-bond acceptors (Lipinski definition) is 3. The Morgan fingerprint density at radius 3 is 2.06 bits per heavy atom. The first-order valence-electron chi connectivity index (χ1n) is 12.0. The van der Waals surface area contributed by atoms with Gasteiger partial charge in [0.25, 0.3) is 0 Å². The standard InChI is InChI=1S/C29H31F3O3/c1-4-6-8-27(34-25-17-18-26(20(3)19-25)35-28(33)7-5-2)23-11-9-21(10-12-23)22-13-15-24(16-14-22)29(30,31)32/h9-19,27H,4-8H2,1-3H3. The maximum Gasteiger partial charge on any atom is 0.416 e. The fraction of sp³-hybridized carbons (Fsp3) is 0.345. The van der Waals surface area contributed by atoms with E-state index < -0.39 is 11.7 Å². The SMILES string of the molecule is CCCCC(Oc1ccc(OC(=O)CCC)c(C)c1)c1ccc(-c2ccc(C(F)(F)F)cc2)cc1. The third-order valence-corrected chi connectivity index (χ3v) is 5.75. The van der Waals surface area contributed by atoms with E-state index in [1.54, 1.807) is 12.1 Å². The lowest BCUT2D eigenvalue weighted by atomic mass is 9.98. The summed E-state index contributed by atoms with van der Waals surface area (Å²) in [5, 5.41) is 0. The van der Waals surface area contributed by atoms with E-state index in [2.05, 4.69) is 6.92 Å². The molecule has 0 aromatic heterocycles. The van der Waals surface area contributed by atoms with Crippen LogP contribution in [0, 0.1) is 6.92 Å². The van der Waals surface area contributed by atoms with E-state index in [4.69, 9.17) is 9.47 Å². The molecule has 0 aliphatic carbocycles. The second-order valence-electron chi connectivity index (χ2n) is 8.60. The summed E-state index contributed by atoms with van der Waals surface area (Å²) in [6, 6.07) is 18.3. The summed E-state index contributed by atoms with van der Waals surface area (Å²) in [5.74, 6) is 0.964. The summed E-state index contributed by atoms with van der Waals surface area (Å²) in [6.07, 6.45) is -0.590. The topological polar surface area (TPSA) is 35.5 Å². The van der Waals surface area contributed by atoms with Crippen molar-refractivity contribution in [2.75, 3.05) is 0 Å². The van der Waals surface area contributed by atoms with Crippen LogP contribution in [0.1, 0.15) is 68.7 Å². The van der Waals surface area contributed by atoms with Crippen LogP contribution < -0.4 is 9.47 Å². The van der Waals surface area contributed by atoms with E-state index in [1.165, 1.54) is 12.1 Å². The van der Waals surface area contributed by atoms with Crippen molar-refractivity contribution in [2.45, 2.75) is 65.2 Å². The van der Waals surface area contributed by atoms with Gasteiger partial charge in [-0.3, -0.25) is 4.79 Å². The first-order chi connectivity index (χ1) is 16.7. The molecule has 186 valence electrons. The smallest absolute Gasteiger partial charge is 0.416 e. The highest BCUT2D eigenvalue weighted by Gasteiger charge is 2.30. The number of ether oxygens (including phenoxy) is 2. The lowest BCUT2D eigenvalue weighted by Crippen LogP contribution is -2.09. The van der Waals surface area contributed by atoms with Crippen LogP contribution in [0.5, 0.6) is 11.5 Å². The van der Waals surface area contributed by atoms with Gasteiger partial charge >= 0.3 is 12.1 Å². The molecule has 3 aromatic carbocycles. The Balaban J connectivity index is 1.76. The molecule has 0 amide bonds. The molecular weight excluding hydrogens is 453 g/mol. The Hall–Kier alpha value is -3.28. The number of halogens is 3. The fourth-order valence-corrected chi connectivity index (χ4v) is 3.78. The van der Waals surface area contributed by atoms with Gasteiger partial charge in [-0.2, -0.15) is 13.2 Å². The predicted octanol–water partition coefficient (Wildman–Crippen LogP) is 8.70. The highest BCUT2D eigenvalue weighted by Crippen LogP contribution is 2.33. The number of carbonyl (C=O) groups is 1. The molecule has 0 aliphatic heterocycles. The number of unbranched alkanes of at least 4 members (excludes halogenated alkanes) is 1. The van der Waals surface area contributed by atoms with Crippen LogP contribution in [-0.4, -0.2) is 5.97 Å². The summed E-state index contributed by atoms with van der Waals surface area (Å²) in [4.78, 5) is 11.8. The number of benzene rings is 3. The minimum Gasteiger partial charge on any atom is -0.486 e. The Morgan fingerprint density at radius 1 is 0.886 bits per heavy atom. The maximum absolute atomic E-state index is 12.8. The minimum atomic E-state index is -4.35. The van der Waals surface area contributed by atoms with Crippen LogP contribution in [0.15, 0.2) is 66.7 Å². The van der Waals surface area contributed by atoms with Crippen LogP contribution >= 0.6 is 0 Å². The molecular formula is C29H31F3O3. The molecule has 0 bridgehead atoms. The predicted molar refractivity (Wildman–Crippen MR) is 131 cm³/mol. The lowest BCUT2D eigenvalue weighted by Gasteiger charge is -2.21. The van der Waals surface area contributed by atoms with Crippen LogP contribution in [0.25, 0.3) is 11.1 Å². The molecule has 0 radical (unpaired) electrons. The van der Waals surface area contributed by atoms with Gasteiger partial charge in [0.15, 0.2) is 0 Å². The first kappa shape index (κ1) is 26.3. The van der Waals surface area contributed by atoms with Crippen LogP contribution in [0.2, 0.25) is 0 Å². The number of esters is 1. The molecule has 0 saturated carbocycles. The van der Waals surface area contributed by atoms with Gasteiger partial charge in [-0.15, -0.1) is 0 Å². The Kier molecular flexibility index (Phi) is 8.96. The molecule has 35 heavy (non-hydrogen) atoms. The normalized spacial score (nSPS) is 12.3. The van der Waals surface area contributed by atoms with Crippen molar-refractivity contribution in [3.63, 3.8) is 0 Å². The average Bonchev–Trinajstić information content (AvgIpc) is 2.83. The summed E-state index contributed by atoms with van der Waals surface area (Å²) >= 11 is 0. The van der Waals surface area contributed by atoms with Crippen LogP contribution in [-0.2, 0) is 11.0 Å². The Labute approximate surface area is 204 Å². The molecule has 3 aromatic rings. The van der Waals surface area contributed by atoms with E-state index in [9.17, 15) is 18.0 Å². The number of aryl methyl sites for hydroxylation is 1. The summed E-state index contributed by atoms with van der Waals surface area (Å²) in [6.45, 7) is 5.92. The van der Waals surface area contributed by atoms with Crippen molar-refractivity contribution in [3.05, 3.63) is 83.4 Å². The monoisotopic (exact) mass is 484 g/mol. The third-order valence-electron chi connectivity index (χ3n) is 5.75. The second-order valence-corrected chi connectivity index (χ2v) is 8.60. The van der Waals surface area contributed by atoms with Gasteiger partial charge in [0.2, 0.25) is 0 Å². The molecule has 6 heteroatoms. The van der Waals surface area contributed by atoms with Crippen molar-refractivity contribution >= 4 is 5.97 Å². The van der Waals surface area contributed by atoms with Crippen molar-refractivity contribution in [3.8, 4) is 22.6 Å². The first-order valence-corrected chi connectivity index (χ1v) is 12.0. The molecule has 3 nitrogen and oxygen atoms in total. The third kappa shape index (κ3) is 7.35. The molecule has 0 heterocycles. The van der Waals surface area contributed by atoms with Crippen molar-refractivity contribution in [2.24, 2.45) is 0 Å². The van der Waals surface area contributed by atoms with Gasteiger partial charge in [0.05, 0.1) is 5.56 Å². The van der Waals surface area contributed by atoms with Crippen molar-refractivity contribution in [1.82, 2.24) is 0 Å². The van der Waals surface area contributed by atoms with Gasteiger partial charge in [-0.1, -0.05) is 56.7 Å². The molecule has 0 fully saturated rings. The molecule has 1 atom stereocenters. The maximum atomic E-state index is 12.8. The molecule has 1 unspecified atom stereocenters. The molecule has 3 rings (SSSR count). The van der Waals surface area contributed by atoms with Gasteiger partial charge in [-0.25, -0.2) is 0 Å². The highest BCUT2D eigenvalue weighted by molar-refractivity contribution is 5.72. The van der Waals surface area contributed by atoms with E-state index in [-0.39, 0.29) is 12.1 Å². The number of hydrogen-bond donors (Lipinski definition) is 0. The Morgan fingerprint density at radius 2 is 1.51 bits per heavy atom. The van der Waals surface area contributed by atoms with Gasteiger partial charge in [0.1, 0.15) is 17.6 Å². The van der Waals surface area contributed by atoms with Crippen molar-refractivity contribution in [1.29, 1.82) is 0 Å². The minimum absolute atomic E-state index is 0.176. The number of carbonyl (C=O) groups excluding carboxylic acids is 1. The van der Waals surface area contributed by atoms with E-state index >= 15 is 0 Å². The van der Waals surface area contributed by atoms with Gasteiger partial charge in [-0.05, 0) is 78.8 Å². The van der Waals surface area contributed by atoms with E-state index in [0.717, 1.165) is 60.1 Å². The second kappa shape index (κ2) is 11.9. The van der Waals surface area contributed by atoms with E-state index in [0.29, 0.717) is 17.9 Å². The fourth-order valence-electron chi connectivity index (χ4n) is 3.78. The summed E-state index contributed by atoms with van der Waals surface area (Å²) < 4.78 is 50.3. The molecule has 0 spiro atoms. The summed E-state index contributed by atoms with van der Waals surface area (Å²) in [7, 11) is 0. The zero-order valence-corrected chi connectivity index (χ0v) is 20.3.